The van der Waals surface area contributed by atoms with Gasteiger partial charge in [-0.3, -0.25) is 9.39 Å². The molecule has 0 fully saturated rings. The number of halogens is 1. The first-order valence-electron chi connectivity index (χ1n) is 8.23. The largest absolute Gasteiger partial charge is 0.489 e. The molecule has 0 bridgehead atoms. The van der Waals surface area contributed by atoms with E-state index in [1.807, 2.05) is 47.3 Å². The zero-order chi connectivity index (χ0) is 17.6. The average Bonchev–Trinajstić information content (AvgIpc) is 3.16. The van der Waals surface area contributed by atoms with Crippen molar-refractivity contribution in [1.82, 2.24) is 20.0 Å². The number of aromatic nitrogens is 2. The molecule has 8 heteroatoms. The van der Waals surface area contributed by atoms with Crippen molar-refractivity contribution in [3.8, 4) is 5.75 Å². The Hall–Kier alpha value is -1.81. The number of rotatable bonds is 6. The lowest BCUT2D eigenvalue weighted by Gasteiger charge is -2.17. The van der Waals surface area contributed by atoms with Crippen LogP contribution in [-0.2, 0) is 6.54 Å². The van der Waals surface area contributed by atoms with Crippen LogP contribution in [0.25, 0.3) is 4.96 Å². The van der Waals surface area contributed by atoms with Crippen LogP contribution in [0, 0.1) is 6.92 Å². The first-order chi connectivity index (χ1) is 12.1. The summed E-state index contributed by atoms with van der Waals surface area (Å²) in [6, 6.07) is 8.07. The zero-order valence-electron chi connectivity index (χ0n) is 15.1. The van der Waals surface area contributed by atoms with E-state index in [4.69, 9.17) is 4.74 Å². The summed E-state index contributed by atoms with van der Waals surface area (Å²) in [7, 11) is 1.76. The fourth-order valence-electron chi connectivity index (χ4n) is 2.46. The molecule has 6 nitrogen and oxygen atoms in total. The van der Waals surface area contributed by atoms with E-state index in [9.17, 15) is 0 Å². The number of hydrogen-bond acceptors (Lipinski definition) is 4. The van der Waals surface area contributed by atoms with Gasteiger partial charge in [0.05, 0.1) is 18.8 Å². The van der Waals surface area contributed by atoms with Gasteiger partial charge in [0.15, 0.2) is 10.9 Å². The number of nitrogens with one attached hydrogen (secondary N) is 2. The molecule has 1 unspecified atom stereocenters. The molecular formula is C18H24IN5OS. The molecule has 0 aliphatic rings. The number of hydrogen-bond donors (Lipinski definition) is 2. The molecule has 0 spiro atoms. The predicted molar refractivity (Wildman–Crippen MR) is 118 cm³/mol. The van der Waals surface area contributed by atoms with Gasteiger partial charge in [-0.1, -0.05) is 12.1 Å². The highest BCUT2D eigenvalue weighted by Crippen LogP contribution is 2.14. The van der Waals surface area contributed by atoms with Gasteiger partial charge in [-0.15, -0.1) is 35.3 Å². The normalized spacial score (nSPS) is 12.5. The van der Waals surface area contributed by atoms with Crippen LogP contribution in [0.15, 0.2) is 47.0 Å². The molecule has 0 saturated heterocycles. The van der Waals surface area contributed by atoms with Crippen molar-refractivity contribution >= 4 is 46.2 Å². The third kappa shape index (κ3) is 5.60. The Balaban J connectivity index is 0.00000243. The molecule has 0 aliphatic carbocycles. The molecule has 140 valence electrons. The summed E-state index contributed by atoms with van der Waals surface area (Å²) in [6.07, 6.45) is 4.06. The molecule has 0 radical (unpaired) electrons. The summed E-state index contributed by atoms with van der Waals surface area (Å²) in [5.41, 5.74) is 2.17. The monoisotopic (exact) mass is 485 g/mol. The van der Waals surface area contributed by atoms with Gasteiger partial charge in [0.25, 0.3) is 0 Å². The number of nitrogens with zero attached hydrogens (tertiary/aromatic N) is 3. The lowest BCUT2D eigenvalue weighted by molar-refractivity contribution is 0.223. The molecule has 26 heavy (non-hydrogen) atoms. The smallest absolute Gasteiger partial charge is 0.193 e. The maximum Gasteiger partial charge on any atom is 0.193 e. The highest BCUT2D eigenvalue weighted by atomic mass is 127. The van der Waals surface area contributed by atoms with Gasteiger partial charge < -0.3 is 15.4 Å². The van der Waals surface area contributed by atoms with Crippen LogP contribution in [-0.4, -0.2) is 35.0 Å². The van der Waals surface area contributed by atoms with Crippen molar-refractivity contribution < 1.29 is 4.74 Å². The molecule has 3 aromatic rings. The van der Waals surface area contributed by atoms with Gasteiger partial charge in [-0.05, 0) is 31.5 Å². The average molecular weight is 485 g/mol. The number of guanidine groups is 1. The Morgan fingerprint density at radius 3 is 2.96 bits per heavy atom. The molecule has 1 aromatic carbocycles. The molecular weight excluding hydrogens is 461 g/mol. The van der Waals surface area contributed by atoms with E-state index in [0.29, 0.717) is 13.1 Å². The highest BCUT2D eigenvalue weighted by molar-refractivity contribution is 14.0. The van der Waals surface area contributed by atoms with Gasteiger partial charge in [0.2, 0.25) is 0 Å². The van der Waals surface area contributed by atoms with Crippen LogP contribution in [0.5, 0.6) is 5.75 Å². The first-order valence-corrected chi connectivity index (χ1v) is 9.11. The molecule has 0 aliphatic heterocycles. The van der Waals surface area contributed by atoms with Gasteiger partial charge in [0.1, 0.15) is 11.9 Å². The fraction of sp³-hybridized carbons (Fsp3) is 0.333. The second kappa shape index (κ2) is 9.77. The minimum atomic E-state index is 0. The number of fused-ring (bicyclic) bond motifs is 1. The first kappa shape index (κ1) is 20.5. The number of ether oxygens (including phenoxy) is 1. The Bertz CT molecular complexity index is 832. The van der Waals surface area contributed by atoms with Crippen molar-refractivity contribution in [2.24, 2.45) is 4.99 Å². The van der Waals surface area contributed by atoms with E-state index < -0.39 is 0 Å². The summed E-state index contributed by atoms with van der Waals surface area (Å²) in [5, 5.41) is 8.58. The number of benzene rings is 1. The maximum atomic E-state index is 5.92. The van der Waals surface area contributed by atoms with Crippen LogP contribution >= 0.6 is 35.3 Å². The second-order valence-electron chi connectivity index (χ2n) is 5.88. The van der Waals surface area contributed by atoms with E-state index in [1.165, 1.54) is 5.56 Å². The standard InChI is InChI=1S/C18H23N5OS.HI/c1-13-5-4-6-16(9-13)24-14(2)10-20-17(19-3)21-11-15-12-23-7-8-25-18(23)22-15;/h4-9,12,14H,10-11H2,1-3H3,(H2,19,20,21);1H. The van der Waals surface area contributed by atoms with Crippen LogP contribution in [0.1, 0.15) is 18.2 Å². The van der Waals surface area contributed by atoms with Gasteiger partial charge in [-0.2, -0.15) is 0 Å². The van der Waals surface area contributed by atoms with Gasteiger partial charge in [0, 0.05) is 24.8 Å². The third-order valence-corrected chi connectivity index (χ3v) is 4.46. The summed E-state index contributed by atoms with van der Waals surface area (Å²) < 4.78 is 7.95. The van der Waals surface area contributed by atoms with Crippen molar-refractivity contribution in [3.63, 3.8) is 0 Å². The lowest BCUT2D eigenvalue weighted by atomic mass is 10.2. The molecule has 2 aromatic heterocycles. The second-order valence-corrected chi connectivity index (χ2v) is 6.75. The molecule has 3 rings (SSSR count). The number of aliphatic imine (C=N–C) groups is 1. The van der Waals surface area contributed by atoms with E-state index >= 15 is 0 Å². The maximum absolute atomic E-state index is 5.92. The van der Waals surface area contributed by atoms with E-state index in [0.717, 1.165) is 22.4 Å². The molecule has 1 atom stereocenters. The lowest BCUT2D eigenvalue weighted by Crippen LogP contribution is -2.41. The Morgan fingerprint density at radius 1 is 1.38 bits per heavy atom. The summed E-state index contributed by atoms with van der Waals surface area (Å²) >= 11 is 1.63. The Kier molecular flexibility index (Phi) is 7.70. The summed E-state index contributed by atoms with van der Waals surface area (Å²) in [6.45, 7) is 5.38. The summed E-state index contributed by atoms with van der Waals surface area (Å²) in [4.78, 5) is 9.79. The van der Waals surface area contributed by atoms with E-state index in [-0.39, 0.29) is 30.1 Å². The highest BCUT2D eigenvalue weighted by Gasteiger charge is 2.07. The van der Waals surface area contributed by atoms with Crippen LogP contribution < -0.4 is 15.4 Å². The van der Waals surface area contributed by atoms with Crippen LogP contribution in [0.3, 0.4) is 0 Å². The number of thiazole rings is 1. The van der Waals surface area contributed by atoms with Crippen LogP contribution in [0.4, 0.5) is 0 Å². The molecule has 0 saturated carbocycles. The fourth-order valence-corrected chi connectivity index (χ4v) is 3.18. The minimum absolute atomic E-state index is 0. The summed E-state index contributed by atoms with van der Waals surface area (Å²) in [5.74, 6) is 1.62. The zero-order valence-corrected chi connectivity index (χ0v) is 18.2. The van der Waals surface area contributed by atoms with Crippen molar-refractivity contribution in [2.75, 3.05) is 13.6 Å². The quantitative estimate of drug-likeness (QED) is 0.319. The van der Waals surface area contributed by atoms with E-state index in [2.05, 4.69) is 33.6 Å². The SMILES string of the molecule is CN=C(NCc1cn2ccsc2n1)NCC(C)Oc1cccc(C)c1.I. The number of aryl methyl sites for hydroxylation is 1. The Labute approximate surface area is 174 Å². The van der Waals surface area contributed by atoms with E-state index in [1.54, 1.807) is 18.4 Å². The van der Waals surface area contributed by atoms with Crippen molar-refractivity contribution in [1.29, 1.82) is 0 Å². The van der Waals surface area contributed by atoms with Crippen molar-refractivity contribution in [3.05, 3.63) is 53.3 Å². The van der Waals surface area contributed by atoms with Gasteiger partial charge in [-0.25, -0.2) is 4.98 Å². The molecule has 2 heterocycles. The topological polar surface area (TPSA) is 63.0 Å². The van der Waals surface area contributed by atoms with Gasteiger partial charge >= 0.3 is 0 Å². The minimum Gasteiger partial charge on any atom is -0.489 e. The third-order valence-electron chi connectivity index (χ3n) is 3.69. The molecule has 0 amide bonds. The predicted octanol–water partition coefficient (Wildman–Crippen LogP) is 3.45. The Morgan fingerprint density at radius 2 is 2.23 bits per heavy atom. The van der Waals surface area contributed by atoms with Crippen LogP contribution in [0.2, 0.25) is 0 Å². The number of imidazole rings is 1. The van der Waals surface area contributed by atoms with Crippen molar-refractivity contribution in [2.45, 2.75) is 26.5 Å². The molecule has 2 N–H and O–H groups in total.